The predicted octanol–water partition coefficient (Wildman–Crippen LogP) is 2.94. The number of hydrogen-bond acceptors (Lipinski definition) is 3. The fourth-order valence-electron chi connectivity index (χ4n) is 1.64. The third-order valence-electron chi connectivity index (χ3n) is 3.22. The molecule has 3 nitrogen and oxygen atoms in total. The number of hydrogen-bond donors (Lipinski definition) is 1. The average Bonchev–Trinajstić information content (AvgIpc) is 2.30. The number of rotatable bonds is 5. The normalized spacial score (nSPS) is 12.9. The highest BCUT2D eigenvalue weighted by Gasteiger charge is 2.15. The summed E-state index contributed by atoms with van der Waals surface area (Å²) in [4.78, 5) is 6.59. The van der Waals surface area contributed by atoms with E-state index in [1.807, 2.05) is 7.05 Å². The minimum atomic E-state index is 0.450. The summed E-state index contributed by atoms with van der Waals surface area (Å²) in [6.07, 6.45) is 1.73. The Kier molecular flexibility index (Phi) is 5.22. The van der Waals surface area contributed by atoms with E-state index in [4.69, 9.17) is 11.6 Å². The van der Waals surface area contributed by atoms with E-state index in [9.17, 15) is 0 Å². The summed E-state index contributed by atoms with van der Waals surface area (Å²) in [6.45, 7) is 7.40. The third-order valence-corrected chi connectivity index (χ3v) is 3.56. The Morgan fingerprint density at radius 2 is 2.06 bits per heavy atom. The molecule has 0 saturated heterocycles. The molecule has 0 saturated carbocycles. The van der Waals surface area contributed by atoms with E-state index in [1.54, 1.807) is 6.20 Å². The van der Waals surface area contributed by atoms with Gasteiger partial charge in [-0.25, -0.2) is 4.98 Å². The summed E-state index contributed by atoms with van der Waals surface area (Å²) >= 11 is 6.10. The summed E-state index contributed by atoms with van der Waals surface area (Å²) < 4.78 is 0. The SMILES string of the molecule is CNCc1cc(N(C)C(C)C(C)C)ncc1Cl. The maximum Gasteiger partial charge on any atom is 0.128 e. The third kappa shape index (κ3) is 3.58. The van der Waals surface area contributed by atoms with Gasteiger partial charge in [-0.2, -0.15) is 0 Å². The lowest BCUT2D eigenvalue weighted by molar-refractivity contribution is 0.502. The number of halogens is 1. The molecule has 0 aromatic carbocycles. The number of anilines is 1. The van der Waals surface area contributed by atoms with Crippen LogP contribution in [-0.2, 0) is 6.54 Å². The highest BCUT2D eigenvalue weighted by molar-refractivity contribution is 6.31. The van der Waals surface area contributed by atoms with Gasteiger partial charge in [0, 0.05) is 25.8 Å². The minimum Gasteiger partial charge on any atom is -0.357 e. The summed E-state index contributed by atoms with van der Waals surface area (Å²) in [5.74, 6) is 1.56. The first-order valence-corrected chi connectivity index (χ1v) is 6.37. The van der Waals surface area contributed by atoms with Crippen LogP contribution in [0.15, 0.2) is 12.3 Å². The molecule has 1 atom stereocenters. The quantitative estimate of drug-likeness (QED) is 0.877. The van der Waals surface area contributed by atoms with Crippen molar-refractivity contribution in [2.45, 2.75) is 33.4 Å². The fourth-order valence-corrected chi connectivity index (χ4v) is 1.81. The van der Waals surface area contributed by atoms with Crippen molar-refractivity contribution in [2.75, 3.05) is 19.0 Å². The molecule has 4 heteroatoms. The topological polar surface area (TPSA) is 28.2 Å². The second-order valence-electron chi connectivity index (χ2n) is 4.76. The Hall–Kier alpha value is -0.800. The molecule has 96 valence electrons. The Morgan fingerprint density at radius 1 is 1.41 bits per heavy atom. The first-order valence-electron chi connectivity index (χ1n) is 5.99. The Labute approximate surface area is 109 Å². The van der Waals surface area contributed by atoms with Crippen LogP contribution in [-0.4, -0.2) is 25.1 Å². The molecule has 0 fully saturated rings. The van der Waals surface area contributed by atoms with Gasteiger partial charge in [-0.05, 0) is 31.5 Å². The predicted molar refractivity (Wildman–Crippen MR) is 74.7 cm³/mol. The Balaban J connectivity index is 2.94. The molecular weight excluding hydrogens is 234 g/mol. The van der Waals surface area contributed by atoms with Crippen molar-refractivity contribution >= 4 is 17.4 Å². The van der Waals surface area contributed by atoms with E-state index in [-0.39, 0.29) is 0 Å². The lowest BCUT2D eigenvalue weighted by atomic mass is 10.1. The maximum absolute atomic E-state index is 6.10. The summed E-state index contributed by atoms with van der Waals surface area (Å²) in [6, 6.07) is 2.50. The zero-order valence-corrected chi connectivity index (χ0v) is 12.0. The molecule has 0 aliphatic heterocycles. The van der Waals surface area contributed by atoms with Crippen LogP contribution in [0.1, 0.15) is 26.3 Å². The van der Waals surface area contributed by atoms with Gasteiger partial charge in [0.25, 0.3) is 0 Å². The first-order chi connectivity index (χ1) is 7.97. The van der Waals surface area contributed by atoms with Crippen molar-refractivity contribution < 1.29 is 0 Å². The molecule has 1 aromatic rings. The largest absolute Gasteiger partial charge is 0.357 e. The molecule has 1 rings (SSSR count). The van der Waals surface area contributed by atoms with Gasteiger partial charge in [-0.3, -0.25) is 0 Å². The highest BCUT2D eigenvalue weighted by Crippen LogP contribution is 2.22. The number of aromatic nitrogens is 1. The molecular formula is C13H22ClN3. The molecule has 17 heavy (non-hydrogen) atoms. The minimum absolute atomic E-state index is 0.450. The van der Waals surface area contributed by atoms with Gasteiger partial charge in [0.15, 0.2) is 0 Å². The maximum atomic E-state index is 6.10. The van der Waals surface area contributed by atoms with Crippen molar-refractivity contribution in [3.8, 4) is 0 Å². The van der Waals surface area contributed by atoms with Crippen LogP contribution in [0.2, 0.25) is 5.02 Å². The van der Waals surface area contributed by atoms with Gasteiger partial charge < -0.3 is 10.2 Å². The zero-order valence-electron chi connectivity index (χ0n) is 11.3. The lowest BCUT2D eigenvalue weighted by Gasteiger charge is -2.29. The summed E-state index contributed by atoms with van der Waals surface area (Å²) in [5.41, 5.74) is 1.09. The van der Waals surface area contributed by atoms with Gasteiger partial charge in [0.1, 0.15) is 5.82 Å². The van der Waals surface area contributed by atoms with Crippen molar-refractivity contribution in [3.05, 3.63) is 22.8 Å². The van der Waals surface area contributed by atoms with Crippen molar-refractivity contribution in [1.29, 1.82) is 0 Å². The van der Waals surface area contributed by atoms with Crippen LogP contribution in [0.5, 0.6) is 0 Å². The van der Waals surface area contributed by atoms with Gasteiger partial charge in [0.05, 0.1) is 5.02 Å². The monoisotopic (exact) mass is 255 g/mol. The van der Waals surface area contributed by atoms with E-state index in [2.05, 4.69) is 49.1 Å². The second-order valence-corrected chi connectivity index (χ2v) is 5.17. The Morgan fingerprint density at radius 3 is 2.59 bits per heavy atom. The van der Waals surface area contributed by atoms with Crippen LogP contribution < -0.4 is 10.2 Å². The molecule has 1 aromatic heterocycles. The fraction of sp³-hybridized carbons (Fsp3) is 0.615. The molecule has 0 spiro atoms. The van der Waals surface area contributed by atoms with Crippen LogP contribution in [0.4, 0.5) is 5.82 Å². The van der Waals surface area contributed by atoms with Crippen molar-refractivity contribution in [3.63, 3.8) is 0 Å². The number of nitrogens with one attached hydrogen (secondary N) is 1. The van der Waals surface area contributed by atoms with Crippen LogP contribution >= 0.6 is 11.6 Å². The van der Waals surface area contributed by atoms with Crippen molar-refractivity contribution in [1.82, 2.24) is 10.3 Å². The molecule has 0 radical (unpaired) electrons. The van der Waals surface area contributed by atoms with Crippen LogP contribution in [0.25, 0.3) is 0 Å². The molecule has 0 aliphatic carbocycles. The van der Waals surface area contributed by atoms with E-state index < -0.39 is 0 Å². The second kappa shape index (κ2) is 6.22. The summed E-state index contributed by atoms with van der Waals surface area (Å²) in [7, 11) is 3.99. The molecule has 0 amide bonds. The molecule has 1 unspecified atom stereocenters. The molecule has 0 aliphatic rings. The number of nitrogens with zero attached hydrogens (tertiary/aromatic N) is 2. The standard InChI is InChI=1S/C13H22ClN3/c1-9(2)10(3)17(5)13-6-11(7-15-4)12(14)8-16-13/h6,8-10,15H,7H2,1-5H3. The molecule has 1 N–H and O–H groups in total. The van der Waals surface area contributed by atoms with E-state index >= 15 is 0 Å². The highest BCUT2D eigenvalue weighted by atomic mass is 35.5. The van der Waals surface area contributed by atoms with E-state index in [0.717, 1.165) is 17.9 Å². The average molecular weight is 256 g/mol. The Bertz CT molecular complexity index is 366. The van der Waals surface area contributed by atoms with Crippen molar-refractivity contribution in [2.24, 2.45) is 5.92 Å². The lowest BCUT2D eigenvalue weighted by Crippen LogP contribution is -2.33. The van der Waals surface area contributed by atoms with Crippen LogP contribution in [0.3, 0.4) is 0 Å². The molecule has 1 heterocycles. The van der Waals surface area contributed by atoms with E-state index in [1.165, 1.54) is 0 Å². The molecule has 0 bridgehead atoms. The van der Waals surface area contributed by atoms with Gasteiger partial charge in [-0.1, -0.05) is 25.4 Å². The van der Waals surface area contributed by atoms with Gasteiger partial charge >= 0.3 is 0 Å². The smallest absolute Gasteiger partial charge is 0.128 e. The van der Waals surface area contributed by atoms with Gasteiger partial charge in [0.2, 0.25) is 0 Å². The van der Waals surface area contributed by atoms with Gasteiger partial charge in [-0.15, -0.1) is 0 Å². The van der Waals surface area contributed by atoms with E-state index in [0.29, 0.717) is 17.0 Å². The number of pyridine rings is 1. The van der Waals surface area contributed by atoms with Crippen LogP contribution in [0, 0.1) is 5.92 Å². The first kappa shape index (κ1) is 14.3. The summed E-state index contributed by atoms with van der Waals surface area (Å²) in [5, 5.41) is 3.83. The zero-order chi connectivity index (χ0) is 13.0.